The standard InChI is InChI=1S/C26H29N3O3S/c30-25(28-24-23(33-20-27-24)21-8-3-1-4-9-21)32-26-12-16-29(17-13-26,18-14-26)15-7-19-31-22-10-5-2-6-11-22/h1-6,8-11,20H,7,12-19H2/p+1. The predicted octanol–water partition coefficient (Wildman–Crippen LogP) is 5.58. The van der Waals surface area contributed by atoms with Gasteiger partial charge in [-0.3, -0.25) is 5.32 Å². The lowest BCUT2D eigenvalue weighted by Crippen LogP contribution is -2.65. The monoisotopic (exact) mass is 464 g/mol. The number of fused-ring (bicyclic) bond motifs is 3. The minimum absolute atomic E-state index is 0.340. The Morgan fingerprint density at radius 2 is 1.67 bits per heavy atom. The smallest absolute Gasteiger partial charge is 0.413 e. The first-order chi connectivity index (χ1) is 16.2. The lowest BCUT2D eigenvalue weighted by atomic mass is 9.81. The Balaban J connectivity index is 1.11. The fourth-order valence-electron chi connectivity index (χ4n) is 5.08. The first-order valence-electron chi connectivity index (χ1n) is 11.7. The molecular formula is C26H30N3O3S+. The van der Waals surface area contributed by atoms with Gasteiger partial charge >= 0.3 is 6.09 Å². The number of anilines is 1. The van der Waals surface area contributed by atoms with E-state index in [1.54, 1.807) is 5.51 Å². The summed E-state index contributed by atoms with van der Waals surface area (Å²) in [4.78, 5) is 18.1. The van der Waals surface area contributed by atoms with Crippen molar-refractivity contribution >= 4 is 23.2 Å². The topological polar surface area (TPSA) is 60.5 Å². The molecule has 0 spiro atoms. The average molecular weight is 465 g/mol. The van der Waals surface area contributed by atoms with E-state index in [1.165, 1.54) is 11.3 Å². The molecule has 3 saturated heterocycles. The fraction of sp³-hybridized carbons (Fsp3) is 0.385. The summed E-state index contributed by atoms with van der Waals surface area (Å²) in [6.45, 7) is 5.04. The summed E-state index contributed by atoms with van der Waals surface area (Å²) in [5.74, 6) is 1.51. The molecule has 3 aliphatic rings. The zero-order chi connectivity index (χ0) is 22.6. The second-order valence-electron chi connectivity index (χ2n) is 9.09. The normalized spacial score (nSPS) is 23.8. The number of nitrogens with zero attached hydrogens (tertiary/aromatic N) is 2. The van der Waals surface area contributed by atoms with Crippen molar-refractivity contribution in [3.63, 3.8) is 0 Å². The number of carbonyl (C=O) groups excluding carboxylic acids is 1. The highest BCUT2D eigenvalue weighted by atomic mass is 32.1. The quantitative estimate of drug-likeness (QED) is 0.349. The van der Waals surface area contributed by atoms with Gasteiger partial charge in [0.1, 0.15) is 11.4 Å². The van der Waals surface area contributed by atoms with E-state index < -0.39 is 6.09 Å². The predicted molar refractivity (Wildman–Crippen MR) is 131 cm³/mol. The third-order valence-corrected chi connectivity index (χ3v) is 7.92. The fourth-order valence-corrected chi connectivity index (χ4v) is 5.83. The number of para-hydroxylation sites is 1. The largest absolute Gasteiger partial charge is 0.493 e. The Kier molecular flexibility index (Phi) is 6.33. The number of aromatic nitrogens is 1. The van der Waals surface area contributed by atoms with Gasteiger partial charge in [-0.1, -0.05) is 48.5 Å². The van der Waals surface area contributed by atoms with Crippen LogP contribution < -0.4 is 10.1 Å². The molecule has 3 fully saturated rings. The Morgan fingerprint density at radius 3 is 2.36 bits per heavy atom. The highest BCUT2D eigenvalue weighted by molar-refractivity contribution is 7.13. The molecule has 7 heteroatoms. The molecule has 6 rings (SSSR count). The van der Waals surface area contributed by atoms with Crippen molar-refractivity contribution in [1.82, 2.24) is 4.98 Å². The van der Waals surface area contributed by atoms with Crippen LogP contribution in [0, 0.1) is 0 Å². The van der Waals surface area contributed by atoms with Crippen molar-refractivity contribution in [3.05, 3.63) is 66.2 Å². The summed E-state index contributed by atoms with van der Waals surface area (Å²) < 4.78 is 13.0. The number of thiazole rings is 1. The van der Waals surface area contributed by atoms with Crippen LogP contribution in [0.5, 0.6) is 5.75 Å². The number of carbonyl (C=O) groups is 1. The number of nitrogens with one attached hydrogen (secondary N) is 1. The summed E-state index contributed by atoms with van der Waals surface area (Å²) in [5, 5.41) is 2.90. The van der Waals surface area contributed by atoms with E-state index in [4.69, 9.17) is 9.47 Å². The van der Waals surface area contributed by atoms with Gasteiger partial charge in [0.15, 0.2) is 5.82 Å². The molecule has 0 atom stereocenters. The number of rotatable bonds is 8. The molecule has 4 heterocycles. The lowest BCUT2D eigenvalue weighted by molar-refractivity contribution is -0.944. The Bertz CT molecular complexity index is 1050. The third-order valence-electron chi connectivity index (χ3n) is 7.05. The molecule has 6 nitrogen and oxygen atoms in total. The SMILES string of the molecule is O=C(Nc1ncsc1-c1ccccc1)OC12CC[N+](CCCOc3ccccc3)(CC1)CC2. The van der Waals surface area contributed by atoms with Crippen LogP contribution in [0.4, 0.5) is 10.6 Å². The number of hydrogen-bond donors (Lipinski definition) is 1. The zero-order valence-corrected chi connectivity index (χ0v) is 19.6. The molecule has 172 valence electrons. The van der Waals surface area contributed by atoms with E-state index in [9.17, 15) is 4.79 Å². The van der Waals surface area contributed by atoms with Crippen LogP contribution in [-0.2, 0) is 4.74 Å². The van der Waals surface area contributed by atoms with E-state index in [-0.39, 0.29) is 5.60 Å². The van der Waals surface area contributed by atoms with Gasteiger partial charge in [-0.25, -0.2) is 9.78 Å². The van der Waals surface area contributed by atoms with E-state index in [0.717, 1.165) is 79.1 Å². The molecular weight excluding hydrogens is 434 g/mol. The van der Waals surface area contributed by atoms with E-state index in [2.05, 4.69) is 10.3 Å². The molecule has 0 aliphatic carbocycles. The number of amides is 1. The molecule has 0 radical (unpaired) electrons. The minimum Gasteiger partial charge on any atom is -0.493 e. The van der Waals surface area contributed by atoms with Gasteiger partial charge in [-0.05, 0) is 17.7 Å². The van der Waals surface area contributed by atoms with Crippen LogP contribution in [0.2, 0.25) is 0 Å². The molecule has 1 N–H and O–H groups in total. The van der Waals surface area contributed by atoms with Crippen molar-refractivity contribution < 1.29 is 18.8 Å². The first kappa shape index (κ1) is 21.9. The molecule has 2 bridgehead atoms. The van der Waals surface area contributed by atoms with Crippen LogP contribution in [0.1, 0.15) is 25.7 Å². The average Bonchev–Trinajstić information content (AvgIpc) is 3.32. The Labute approximate surface area is 198 Å². The number of quaternary nitrogens is 1. The van der Waals surface area contributed by atoms with Gasteiger partial charge in [0.25, 0.3) is 0 Å². The summed E-state index contributed by atoms with van der Waals surface area (Å²) in [6, 6.07) is 20.0. The van der Waals surface area contributed by atoms with Crippen LogP contribution in [0.25, 0.3) is 10.4 Å². The summed E-state index contributed by atoms with van der Waals surface area (Å²) in [7, 11) is 0. The van der Waals surface area contributed by atoms with Crippen LogP contribution >= 0.6 is 11.3 Å². The van der Waals surface area contributed by atoms with Crippen molar-refractivity contribution in [2.24, 2.45) is 0 Å². The lowest BCUT2D eigenvalue weighted by Gasteiger charge is -2.53. The maximum atomic E-state index is 12.8. The third kappa shape index (κ3) is 5.04. The van der Waals surface area contributed by atoms with Crippen molar-refractivity contribution in [1.29, 1.82) is 0 Å². The van der Waals surface area contributed by atoms with E-state index in [0.29, 0.717) is 5.82 Å². The first-order valence-corrected chi connectivity index (χ1v) is 12.6. The van der Waals surface area contributed by atoms with Gasteiger partial charge in [-0.2, -0.15) is 0 Å². The second-order valence-corrected chi connectivity index (χ2v) is 9.95. The number of ether oxygens (including phenoxy) is 2. The van der Waals surface area contributed by atoms with Gasteiger partial charge in [-0.15, -0.1) is 11.3 Å². The second kappa shape index (κ2) is 9.53. The Hall–Kier alpha value is -2.90. The van der Waals surface area contributed by atoms with Gasteiger partial charge < -0.3 is 14.0 Å². The molecule has 3 aromatic rings. The number of piperidine rings is 3. The molecule has 2 aromatic carbocycles. The van der Waals surface area contributed by atoms with Crippen LogP contribution in [-0.4, -0.2) is 53.9 Å². The van der Waals surface area contributed by atoms with Crippen LogP contribution in [0.15, 0.2) is 66.2 Å². The molecule has 0 saturated carbocycles. The molecule has 1 aromatic heterocycles. The Morgan fingerprint density at radius 1 is 1.00 bits per heavy atom. The summed E-state index contributed by atoms with van der Waals surface area (Å²) in [5.41, 5.74) is 2.46. The highest BCUT2D eigenvalue weighted by Gasteiger charge is 2.51. The van der Waals surface area contributed by atoms with Crippen molar-refractivity contribution in [2.75, 3.05) is 38.1 Å². The van der Waals surface area contributed by atoms with Gasteiger partial charge in [0.2, 0.25) is 0 Å². The number of benzene rings is 2. The van der Waals surface area contributed by atoms with Gasteiger partial charge in [0.05, 0.1) is 43.2 Å². The molecule has 1 amide bonds. The maximum Gasteiger partial charge on any atom is 0.413 e. The zero-order valence-electron chi connectivity index (χ0n) is 18.7. The molecule has 0 unspecified atom stereocenters. The molecule has 33 heavy (non-hydrogen) atoms. The van der Waals surface area contributed by atoms with Crippen molar-refractivity contribution in [2.45, 2.75) is 31.3 Å². The highest BCUT2D eigenvalue weighted by Crippen LogP contribution is 2.40. The van der Waals surface area contributed by atoms with Crippen LogP contribution in [0.3, 0.4) is 0 Å². The van der Waals surface area contributed by atoms with Gasteiger partial charge in [0, 0.05) is 25.7 Å². The maximum absolute atomic E-state index is 12.8. The summed E-state index contributed by atoms with van der Waals surface area (Å²) in [6.07, 6.45) is 3.40. The van der Waals surface area contributed by atoms with E-state index in [1.807, 2.05) is 60.7 Å². The van der Waals surface area contributed by atoms with Crippen molar-refractivity contribution in [3.8, 4) is 16.2 Å². The minimum atomic E-state index is -0.392. The van der Waals surface area contributed by atoms with E-state index >= 15 is 0 Å². The number of hydrogen-bond acceptors (Lipinski definition) is 5. The molecule has 3 aliphatic heterocycles. The summed E-state index contributed by atoms with van der Waals surface area (Å²) >= 11 is 1.52.